The molecule has 0 fully saturated rings. The zero-order valence-corrected chi connectivity index (χ0v) is 37.2. The minimum absolute atomic E-state index is 0.0114. The molecule has 3 N–H and O–H groups in total. The van der Waals surface area contributed by atoms with Crippen molar-refractivity contribution in [1.82, 2.24) is 7.94 Å². The average molecular weight is 816 g/mol. The predicted molar refractivity (Wildman–Crippen MR) is 248 cm³/mol. The van der Waals surface area contributed by atoms with Gasteiger partial charge in [-0.1, -0.05) is 138 Å². The van der Waals surface area contributed by atoms with Gasteiger partial charge in [-0.2, -0.15) is 0 Å². The van der Waals surface area contributed by atoms with E-state index in [0.29, 0.717) is 56.0 Å². The molecule has 10 nitrogen and oxygen atoms in total. The summed E-state index contributed by atoms with van der Waals surface area (Å²) in [4.78, 5) is 26.3. The van der Waals surface area contributed by atoms with Crippen LogP contribution in [0.4, 0.5) is 11.6 Å². The molecule has 6 heterocycles. The van der Waals surface area contributed by atoms with Gasteiger partial charge in [0.05, 0.1) is 5.82 Å². The highest BCUT2D eigenvalue weighted by Gasteiger charge is 2.41. The van der Waals surface area contributed by atoms with Crippen LogP contribution in [0, 0.1) is 0 Å². The van der Waals surface area contributed by atoms with Gasteiger partial charge in [0, 0.05) is 49.1 Å². The Balaban J connectivity index is 1.45. The van der Waals surface area contributed by atoms with Crippen LogP contribution in [0.5, 0.6) is 0 Å². The van der Waals surface area contributed by atoms with Crippen molar-refractivity contribution >= 4 is 67.1 Å². The third-order valence-electron chi connectivity index (χ3n) is 12.3. The summed E-state index contributed by atoms with van der Waals surface area (Å²) in [5.41, 5.74) is 17.5. The lowest BCUT2D eigenvalue weighted by Gasteiger charge is -2.43. The van der Waals surface area contributed by atoms with E-state index >= 15 is 0 Å². The number of aliphatic hydroxyl groups is 1. The summed E-state index contributed by atoms with van der Waals surface area (Å²) in [6.07, 6.45) is 0. The second-order valence-electron chi connectivity index (χ2n) is 20.7. The molecule has 0 aliphatic carbocycles. The Labute approximate surface area is 352 Å². The molecule has 0 spiro atoms. The Morgan fingerprint density at radius 1 is 0.467 bits per heavy atom. The maximum Gasteiger partial charge on any atom is 0.202 e. The van der Waals surface area contributed by atoms with Gasteiger partial charge < -0.3 is 19.4 Å². The van der Waals surface area contributed by atoms with E-state index in [4.69, 9.17) is 25.0 Å². The quantitative estimate of drug-likeness (QED) is 0.158. The van der Waals surface area contributed by atoms with Gasteiger partial charge in [-0.3, -0.25) is 0 Å². The molecule has 0 radical (unpaired) electrons. The Kier molecular flexibility index (Phi) is 7.65. The maximum absolute atomic E-state index is 14.2. The van der Waals surface area contributed by atoms with Crippen molar-refractivity contribution in [2.45, 2.75) is 105 Å². The number of hydrogen-bond acceptors (Lipinski definition) is 7. The topological polar surface area (TPSA) is 136 Å². The summed E-state index contributed by atoms with van der Waals surface area (Å²) in [7, 11) is -3.96. The van der Waals surface area contributed by atoms with E-state index in [-0.39, 0.29) is 38.3 Å². The van der Waals surface area contributed by atoms with E-state index in [1.54, 1.807) is 3.97 Å². The van der Waals surface area contributed by atoms with Crippen LogP contribution in [0.15, 0.2) is 103 Å². The van der Waals surface area contributed by atoms with Crippen molar-refractivity contribution in [1.29, 1.82) is 0 Å². The number of benzene rings is 4. The van der Waals surface area contributed by atoms with E-state index in [1.165, 1.54) is 3.97 Å². The molecular weight excluding hydrogens is 765 g/mol. The van der Waals surface area contributed by atoms with Crippen molar-refractivity contribution < 1.29 is 9.66 Å². The van der Waals surface area contributed by atoms with Gasteiger partial charge in [0.25, 0.3) is 0 Å². The number of aromatic nitrogens is 2. The number of aliphatic hydroxyl groups excluding tert-OH is 1. The van der Waals surface area contributed by atoms with Crippen LogP contribution < -0.4 is 11.0 Å². The van der Waals surface area contributed by atoms with Gasteiger partial charge in [-0.15, -0.1) is 0 Å². The molecule has 60 heavy (non-hydrogen) atoms. The molecule has 2 aromatic heterocycles. The van der Waals surface area contributed by atoms with E-state index in [0.717, 1.165) is 44.3 Å². The van der Waals surface area contributed by atoms with Crippen molar-refractivity contribution in [3.63, 3.8) is 0 Å². The molecule has 4 bridgehead atoms. The SMILES string of the molecule is CC(C)(C)c1ccc2c(c1)C1=N/C2=C(/O)S2(O)n3c([NH-])c4cc(C(C)(C)C)ccc4c3/N=C3\N=C(N=c4c5cc(C(C)(C)C)ccc5c(n42)=N1)c1ccc(C(C)(C)C)cc13. The highest BCUT2D eigenvalue weighted by Crippen LogP contribution is 2.62. The Morgan fingerprint density at radius 3 is 1.50 bits per heavy atom. The van der Waals surface area contributed by atoms with Gasteiger partial charge in [0.1, 0.15) is 5.70 Å². The molecule has 10 rings (SSSR count). The zero-order chi connectivity index (χ0) is 42.8. The second kappa shape index (κ2) is 11.9. The summed E-state index contributed by atoms with van der Waals surface area (Å²) in [5, 5.41) is 15.5. The summed E-state index contributed by atoms with van der Waals surface area (Å²) in [6, 6.07) is 24.7. The first kappa shape index (κ1) is 38.4. The zero-order valence-electron chi connectivity index (χ0n) is 36.4. The molecule has 306 valence electrons. The highest BCUT2D eigenvalue weighted by atomic mass is 32.3. The minimum Gasteiger partial charge on any atom is -0.499 e. The predicted octanol–water partition coefficient (Wildman–Crippen LogP) is 11.7. The normalized spacial score (nSPS) is 21.6. The molecule has 4 aliphatic heterocycles. The molecule has 0 saturated heterocycles. The largest absolute Gasteiger partial charge is 0.499 e. The lowest BCUT2D eigenvalue weighted by atomic mass is 9.85. The number of nitrogens with one attached hydrogen (secondary N) is 1. The van der Waals surface area contributed by atoms with Crippen LogP contribution in [0.1, 0.15) is 128 Å². The third kappa shape index (κ3) is 5.34. The summed E-state index contributed by atoms with van der Waals surface area (Å²) >= 11 is 0. The summed E-state index contributed by atoms with van der Waals surface area (Å²) in [6.45, 7) is 25.9. The van der Waals surface area contributed by atoms with Crippen LogP contribution >= 0.6 is 10.7 Å². The van der Waals surface area contributed by atoms with Crippen molar-refractivity contribution in [3.8, 4) is 0 Å². The highest BCUT2D eigenvalue weighted by molar-refractivity contribution is 8.29. The molecule has 1 unspecified atom stereocenters. The summed E-state index contributed by atoms with van der Waals surface area (Å²) in [5.74, 6) is 1.57. The van der Waals surface area contributed by atoms with Crippen molar-refractivity contribution in [2.75, 3.05) is 0 Å². The van der Waals surface area contributed by atoms with E-state index in [9.17, 15) is 15.4 Å². The molecular formula is C49H51N8O2S-. The van der Waals surface area contributed by atoms with Crippen molar-refractivity contribution in [2.24, 2.45) is 25.0 Å². The first-order valence-electron chi connectivity index (χ1n) is 20.6. The number of nitrogens with zero attached hydrogens (tertiary/aromatic N) is 7. The Hall–Kier alpha value is -5.78. The first-order valence-corrected chi connectivity index (χ1v) is 22.1. The standard InChI is InChI=1S/C49H51N8O2S/c1-46(2,3)25-15-19-31-33(21-25)38(50)56-42(31)55-41-35-23-27(48(7,8)9)14-18-30(35)39(52-41)53-44-36-24-28(49(10,11)12)16-20-32(36)43-54-40-34-22-26(47(4,5)6)13-17-29(34)37(51-40)45(58)60(56,59)57(43)44/h13-24H,1-12H3,(H3-,50,51,52,53,54,55,58,59)/q-1. The molecule has 0 amide bonds. The molecule has 4 aliphatic rings. The number of hydrogen-bond donors (Lipinski definition) is 2. The van der Waals surface area contributed by atoms with Crippen molar-refractivity contribution in [3.05, 3.63) is 139 Å². The molecule has 11 heteroatoms. The minimum atomic E-state index is -3.96. The van der Waals surface area contributed by atoms with Gasteiger partial charge in [-0.05, 0) is 73.3 Å². The molecule has 6 aromatic rings. The van der Waals surface area contributed by atoms with Gasteiger partial charge in [-0.25, -0.2) is 28.9 Å². The molecule has 1 atom stereocenters. The number of rotatable bonds is 0. The second-order valence-corrected chi connectivity index (χ2v) is 22.8. The monoisotopic (exact) mass is 815 g/mol. The first-order chi connectivity index (χ1) is 28.0. The van der Waals surface area contributed by atoms with Crippen LogP contribution in [0.25, 0.3) is 33.0 Å². The number of fused-ring (bicyclic) bond motifs is 15. The van der Waals surface area contributed by atoms with Gasteiger partial charge in [0.2, 0.25) is 5.09 Å². The van der Waals surface area contributed by atoms with Gasteiger partial charge >= 0.3 is 0 Å². The number of amidine groups is 3. The fourth-order valence-corrected chi connectivity index (χ4v) is 11.0. The summed E-state index contributed by atoms with van der Waals surface area (Å²) < 4.78 is 17.4. The average Bonchev–Trinajstić information content (AvgIpc) is 3.87. The van der Waals surface area contributed by atoms with Crippen LogP contribution in [-0.4, -0.2) is 35.1 Å². The Bertz CT molecular complexity index is 3220. The maximum atomic E-state index is 14.2. The smallest absolute Gasteiger partial charge is 0.202 e. The molecule has 4 aromatic carbocycles. The third-order valence-corrected chi connectivity index (χ3v) is 14.7. The Morgan fingerprint density at radius 2 is 0.917 bits per heavy atom. The van der Waals surface area contributed by atoms with Crippen LogP contribution in [0.3, 0.4) is 0 Å². The van der Waals surface area contributed by atoms with E-state index in [1.807, 2.05) is 30.3 Å². The number of aliphatic imine (C=N–C) groups is 3. The lowest BCUT2D eigenvalue weighted by Crippen LogP contribution is -2.37. The fourth-order valence-electron chi connectivity index (χ4n) is 8.59. The fraction of sp³-hybridized carbons (Fsp3) is 0.327. The van der Waals surface area contributed by atoms with Gasteiger partial charge in [0.15, 0.2) is 28.5 Å². The van der Waals surface area contributed by atoms with Crippen LogP contribution in [-0.2, 0) is 21.7 Å². The van der Waals surface area contributed by atoms with E-state index in [2.05, 4.69) is 126 Å². The lowest BCUT2D eigenvalue weighted by molar-refractivity contribution is 0.435. The molecule has 0 saturated carbocycles. The van der Waals surface area contributed by atoms with Crippen LogP contribution in [0.2, 0.25) is 0 Å². The van der Waals surface area contributed by atoms with E-state index < -0.39 is 10.7 Å².